The summed E-state index contributed by atoms with van der Waals surface area (Å²) in [7, 11) is 2.99. The van der Waals surface area contributed by atoms with Gasteiger partial charge in [-0.1, -0.05) is 0 Å². The molecule has 0 aliphatic carbocycles. The Balaban J connectivity index is 2.81. The lowest BCUT2D eigenvalue weighted by molar-refractivity contribution is -0.126. The lowest BCUT2D eigenvalue weighted by atomic mass is 9.97. The summed E-state index contributed by atoms with van der Waals surface area (Å²) in [4.78, 5) is 43.0. The number of hydrogen-bond acceptors (Lipinski definition) is 6. The average molecular weight is 416 g/mol. The molecular weight excluding hydrogens is 388 g/mol. The third kappa shape index (κ3) is 4.32. The van der Waals surface area contributed by atoms with E-state index >= 15 is 0 Å². The van der Waals surface area contributed by atoms with Crippen LogP contribution in [0.15, 0.2) is 18.2 Å². The largest absolute Gasteiger partial charge is 0.497 e. The van der Waals surface area contributed by atoms with Gasteiger partial charge in [0.15, 0.2) is 0 Å². The molecule has 2 rings (SSSR count). The van der Waals surface area contributed by atoms with Gasteiger partial charge in [0.05, 0.1) is 26.4 Å². The number of carbonyl (C=O) groups is 3. The highest BCUT2D eigenvalue weighted by atomic mass is 16.5. The number of aromatic amines is 1. The lowest BCUT2D eigenvalue weighted by Crippen LogP contribution is -2.36. The summed E-state index contributed by atoms with van der Waals surface area (Å²) in [5, 5.41) is 0. The summed E-state index contributed by atoms with van der Waals surface area (Å²) in [5.74, 6) is -1.06. The number of likely N-dealkylation sites (N-methyl/N-ethyl adjacent to an activating group) is 1. The smallest absolute Gasteiger partial charge is 0.340 e. The van der Waals surface area contributed by atoms with E-state index in [0.717, 1.165) is 0 Å². The number of benzene rings is 1. The Bertz CT molecular complexity index is 943. The molecule has 162 valence electrons. The van der Waals surface area contributed by atoms with Crippen molar-refractivity contribution >= 4 is 17.7 Å². The highest BCUT2D eigenvalue weighted by Crippen LogP contribution is 2.39. The van der Waals surface area contributed by atoms with Crippen molar-refractivity contribution in [3.8, 4) is 22.6 Å². The number of carbonyl (C=O) groups excluding carboxylic acids is 3. The number of Topliss-reactive ketones (excluding diaryl/α,β-unsaturated/α-hetero) is 1. The Morgan fingerprint density at radius 3 is 2.23 bits per heavy atom. The van der Waals surface area contributed by atoms with Gasteiger partial charge >= 0.3 is 5.97 Å². The zero-order chi connectivity index (χ0) is 22.4. The first kappa shape index (κ1) is 23.0. The first-order valence-corrected chi connectivity index (χ1v) is 9.80. The predicted octanol–water partition coefficient (Wildman–Crippen LogP) is 3.24. The topological polar surface area (TPSA) is 97.9 Å². The highest BCUT2D eigenvalue weighted by Gasteiger charge is 2.32. The number of esters is 1. The van der Waals surface area contributed by atoms with E-state index in [1.165, 1.54) is 19.1 Å². The Labute approximate surface area is 176 Å². The maximum Gasteiger partial charge on any atom is 0.340 e. The molecule has 0 fully saturated rings. The minimum absolute atomic E-state index is 0.0130. The molecule has 2 aromatic rings. The molecule has 0 unspecified atom stereocenters. The number of aromatic nitrogens is 1. The predicted molar refractivity (Wildman–Crippen MR) is 112 cm³/mol. The zero-order valence-corrected chi connectivity index (χ0v) is 18.3. The summed E-state index contributed by atoms with van der Waals surface area (Å²) in [5.41, 5.74) is 1.31. The van der Waals surface area contributed by atoms with Crippen LogP contribution in [-0.2, 0) is 9.53 Å². The molecular formula is C22H28N2O6. The number of amides is 1. The number of ketones is 1. The third-order valence-electron chi connectivity index (χ3n) is 4.81. The van der Waals surface area contributed by atoms with Crippen molar-refractivity contribution in [1.82, 2.24) is 9.88 Å². The number of rotatable bonds is 9. The second-order valence-electron chi connectivity index (χ2n) is 6.47. The quantitative estimate of drug-likeness (QED) is 0.383. The highest BCUT2D eigenvalue weighted by molar-refractivity contribution is 6.43. The fourth-order valence-corrected chi connectivity index (χ4v) is 3.29. The average Bonchev–Trinajstić information content (AvgIpc) is 3.10. The molecule has 0 radical (unpaired) electrons. The Hall–Kier alpha value is -3.29. The van der Waals surface area contributed by atoms with Gasteiger partial charge in [-0.15, -0.1) is 0 Å². The van der Waals surface area contributed by atoms with Crippen molar-refractivity contribution < 1.29 is 28.6 Å². The van der Waals surface area contributed by atoms with Crippen LogP contribution >= 0.6 is 0 Å². The van der Waals surface area contributed by atoms with E-state index in [0.29, 0.717) is 35.8 Å². The van der Waals surface area contributed by atoms with Crippen molar-refractivity contribution in [2.75, 3.05) is 33.9 Å². The molecule has 0 aliphatic heterocycles. The second-order valence-corrected chi connectivity index (χ2v) is 6.47. The number of hydrogen-bond donors (Lipinski definition) is 1. The second kappa shape index (κ2) is 9.96. The molecule has 0 bridgehead atoms. The fraction of sp³-hybridized carbons (Fsp3) is 0.409. The molecule has 1 aromatic heterocycles. The molecule has 1 heterocycles. The summed E-state index contributed by atoms with van der Waals surface area (Å²) >= 11 is 0. The van der Waals surface area contributed by atoms with Gasteiger partial charge in [-0.25, -0.2) is 4.79 Å². The van der Waals surface area contributed by atoms with Crippen LogP contribution in [0.25, 0.3) is 11.1 Å². The molecule has 8 heteroatoms. The van der Waals surface area contributed by atoms with Crippen LogP contribution in [0, 0.1) is 6.92 Å². The number of methoxy groups -OCH3 is 2. The summed E-state index contributed by atoms with van der Waals surface area (Å²) in [6, 6.07) is 5.03. The van der Waals surface area contributed by atoms with E-state index in [1.54, 1.807) is 45.9 Å². The Kier molecular flexibility index (Phi) is 7.63. The molecule has 0 saturated heterocycles. The van der Waals surface area contributed by atoms with Crippen LogP contribution in [0.5, 0.6) is 11.5 Å². The van der Waals surface area contributed by atoms with Crippen molar-refractivity contribution in [3.05, 3.63) is 35.2 Å². The van der Waals surface area contributed by atoms with Gasteiger partial charge in [0, 0.05) is 29.9 Å². The van der Waals surface area contributed by atoms with Crippen LogP contribution in [-0.4, -0.2) is 61.5 Å². The van der Waals surface area contributed by atoms with Crippen LogP contribution in [0.1, 0.15) is 47.3 Å². The standard InChI is InChI=1S/C22H28N2O6/c1-7-24(8-2)21(26)20(25)19-18(17(13(4)23-19)22(27)30-9-3)15-12-14(28-5)10-11-16(15)29-6/h10-12,23H,7-9H2,1-6H3. The fourth-order valence-electron chi connectivity index (χ4n) is 3.29. The molecule has 1 amide bonds. The van der Waals surface area contributed by atoms with Crippen molar-refractivity contribution in [2.45, 2.75) is 27.7 Å². The molecule has 0 atom stereocenters. The number of aryl methyl sites for hydroxylation is 1. The summed E-state index contributed by atoms with van der Waals surface area (Å²) < 4.78 is 16.0. The molecule has 1 N–H and O–H groups in total. The van der Waals surface area contributed by atoms with Crippen molar-refractivity contribution in [3.63, 3.8) is 0 Å². The number of nitrogens with zero attached hydrogens (tertiary/aromatic N) is 1. The van der Waals surface area contributed by atoms with Gasteiger partial charge in [0.25, 0.3) is 11.7 Å². The van der Waals surface area contributed by atoms with E-state index in [4.69, 9.17) is 14.2 Å². The van der Waals surface area contributed by atoms with E-state index in [9.17, 15) is 14.4 Å². The monoisotopic (exact) mass is 416 g/mol. The number of nitrogens with one attached hydrogen (secondary N) is 1. The third-order valence-corrected chi connectivity index (χ3v) is 4.81. The van der Waals surface area contributed by atoms with Gasteiger partial charge in [0.2, 0.25) is 0 Å². The maximum absolute atomic E-state index is 13.2. The van der Waals surface area contributed by atoms with Gasteiger partial charge in [0.1, 0.15) is 17.2 Å². The number of H-pyrrole nitrogens is 1. The molecule has 30 heavy (non-hydrogen) atoms. The van der Waals surface area contributed by atoms with E-state index in [2.05, 4.69) is 4.98 Å². The van der Waals surface area contributed by atoms with E-state index in [1.807, 2.05) is 0 Å². The Morgan fingerprint density at radius 2 is 1.70 bits per heavy atom. The van der Waals surface area contributed by atoms with Crippen LogP contribution < -0.4 is 9.47 Å². The Morgan fingerprint density at radius 1 is 1.03 bits per heavy atom. The van der Waals surface area contributed by atoms with Gasteiger partial charge in [-0.2, -0.15) is 0 Å². The van der Waals surface area contributed by atoms with Gasteiger partial charge < -0.3 is 24.1 Å². The van der Waals surface area contributed by atoms with E-state index < -0.39 is 17.7 Å². The lowest BCUT2D eigenvalue weighted by Gasteiger charge is -2.18. The van der Waals surface area contributed by atoms with Crippen molar-refractivity contribution in [1.29, 1.82) is 0 Å². The first-order valence-electron chi connectivity index (χ1n) is 9.80. The molecule has 8 nitrogen and oxygen atoms in total. The van der Waals surface area contributed by atoms with Crippen LogP contribution in [0.4, 0.5) is 0 Å². The molecule has 1 aromatic carbocycles. The SMILES string of the molecule is CCOC(=O)c1c(C)[nH]c(C(=O)C(=O)N(CC)CC)c1-c1cc(OC)ccc1OC. The number of ether oxygens (including phenoxy) is 3. The van der Waals surface area contributed by atoms with Crippen LogP contribution in [0.2, 0.25) is 0 Å². The molecule has 0 spiro atoms. The minimum atomic E-state index is -0.739. The van der Waals surface area contributed by atoms with E-state index in [-0.39, 0.29) is 23.4 Å². The maximum atomic E-state index is 13.2. The summed E-state index contributed by atoms with van der Waals surface area (Å²) in [6.45, 7) is 7.89. The summed E-state index contributed by atoms with van der Waals surface area (Å²) in [6.07, 6.45) is 0. The van der Waals surface area contributed by atoms with Gasteiger partial charge in [-0.05, 0) is 45.9 Å². The first-order chi connectivity index (χ1) is 14.3. The molecule has 0 aliphatic rings. The van der Waals surface area contributed by atoms with Crippen molar-refractivity contribution in [2.24, 2.45) is 0 Å². The molecule has 0 saturated carbocycles. The normalized spacial score (nSPS) is 10.5. The minimum Gasteiger partial charge on any atom is -0.497 e. The van der Waals surface area contributed by atoms with Crippen LogP contribution in [0.3, 0.4) is 0 Å². The zero-order valence-electron chi connectivity index (χ0n) is 18.3. The van der Waals surface area contributed by atoms with Gasteiger partial charge in [-0.3, -0.25) is 9.59 Å².